The number of benzene rings is 1. The van der Waals surface area contributed by atoms with E-state index >= 15 is 0 Å². The Kier molecular flexibility index (Phi) is 3.25. The lowest BCUT2D eigenvalue weighted by Crippen LogP contribution is -2.10. The fourth-order valence-corrected chi connectivity index (χ4v) is 2.09. The van der Waals surface area contributed by atoms with E-state index in [1.165, 1.54) is 0 Å². The Hall–Kier alpha value is -0.620. The van der Waals surface area contributed by atoms with E-state index in [1.807, 2.05) is 24.3 Å². The highest BCUT2D eigenvalue weighted by molar-refractivity contribution is 14.1. The van der Waals surface area contributed by atoms with Crippen LogP contribution in [-0.4, -0.2) is 23.8 Å². The molecule has 1 saturated heterocycles. The highest BCUT2D eigenvalue weighted by Crippen LogP contribution is 2.30. The van der Waals surface area contributed by atoms with Gasteiger partial charge in [-0.2, -0.15) is 0 Å². The van der Waals surface area contributed by atoms with Gasteiger partial charge in [-0.3, -0.25) is 4.79 Å². The molecule has 0 amide bonds. The first-order valence-corrected chi connectivity index (χ1v) is 5.85. The number of hydrogen-bond acceptors (Lipinski definition) is 3. The van der Waals surface area contributed by atoms with Crippen LogP contribution in [0.2, 0.25) is 0 Å². The van der Waals surface area contributed by atoms with Gasteiger partial charge in [0.05, 0.1) is 12.5 Å². The van der Waals surface area contributed by atoms with E-state index < -0.39 is 0 Å². The number of carbonyl (C=O) groups is 1. The van der Waals surface area contributed by atoms with Gasteiger partial charge in [0.15, 0.2) is 0 Å². The molecule has 0 radical (unpaired) electrons. The summed E-state index contributed by atoms with van der Waals surface area (Å²) < 4.78 is 6.16. The Labute approximate surface area is 102 Å². The molecule has 80 valence electrons. The second-order valence-corrected chi connectivity index (χ2v) is 4.83. The third-order valence-electron chi connectivity index (χ3n) is 2.54. The van der Waals surface area contributed by atoms with Gasteiger partial charge in [-0.15, -0.1) is 0 Å². The average molecular weight is 318 g/mol. The van der Waals surface area contributed by atoms with Crippen LogP contribution in [0.3, 0.4) is 0 Å². The maximum atomic E-state index is 11.5. The van der Waals surface area contributed by atoms with Crippen molar-refractivity contribution in [3.05, 3.63) is 33.4 Å². The van der Waals surface area contributed by atoms with Crippen molar-refractivity contribution < 1.29 is 14.6 Å². The van der Waals surface area contributed by atoms with Crippen LogP contribution < -0.4 is 0 Å². The summed E-state index contributed by atoms with van der Waals surface area (Å²) in [6, 6.07) is 7.81. The van der Waals surface area contributed by atoms with E-state index in [1.54, 1.807) is 0 Å². The molecule has 4 heteroatoms. The summed E-state index contributed by atoms with van der Waals surface area (Å²) in [4.78, 5) is 11.5. The zero-order valence-corrected chi connectivity index (χ0v) is 10.2. The molecule has 1 N–H and O–H groups in total. The lowest BCUT2D eigenvalue weighted by Gasteiger charge is -2.05. The largest absolute Gasteiger partial charge is 0.459 e. The lowest BCUT2D eigenvalue weighted by atomic mass is 9.96. The molecule has 1 aliphatic rings. The molecule has 1 heterocycles. The number of aliphatic hydroxyl groups excluding tert-OH is 1. The van der Waals surface area contributed by atoms with Gasteiger partial charge in [0.2, 0.25) is 0 Å². The fourth-order valence-electron chi connectivity index (χ4n) is 1.73. The van der Waals surface area contributed by atoms with Gasteiger partial charge in [0, 0.05) is 9.99 Å². The van der Waals surface area contributed by atoms with Gasteiger partial charge in [-0.1, -0.05) is 12.1 Å². The Morgan fingerprint density at radius 1 is 1.40 bits per heavy atom. The molecule has 2 rings (SSSR count). The maximum Gasteiger partial charge on any atom is 0.313 e. The average Bonchev–Trinajstić information content (AvgIpc) is 2.61. The number of aliphatic hydroxyl groups is 1. The minimum absolute atomic E-state index is 0.0907. The minimum Gasteiger partial charge on any atom is -0.459 e. The molecule has 1 aliphatic heterocycles. The number of hydrogen-bond donors (Lipinski definition) is 1. The first-order valence-electron chi connectivity index (χ1n) is 4.77. The molecular formula is C11H11IO3. The Morgan fingerprint density at radius 3 is 2.60 bits per heavy atom. The first-order chi connectivity index (χ1) is 7.20. The molecule has 1 fully saturated rings. The maximum absolute atomic E-state index is 11.5. The van der Waals surface area contributed by atoms with Crippen LogP contribution in [0.5, 0.6) is 0 Å². The Balaban J connectivity index is 2.18. The number of halogens is 1. The van der Waals surface area contributed by atoms with Crippen LogP contribution in [0.25, 0.3) is 0 Å². The monoisotopic (exact) mass is 318 g/mol. The summed E-state index contributed by atoms with van der Waals surface area (Å²) in [6.45, 7) is -0.0907. The predicted octanol–water partition coefficient (Wildman–Crippen LogP) is 1.68. The molecule has 1 aromatic carbocycles. The molecule has 0 aromatic heterocycles. The van der Waals surface area contributed by atoms with Crippen molar-refractivity contribution in [1.82, 2.24) is 0 Å². The van der Waals surface area contributed by atoms with Crippen molar-refractivity contribution in [1.29, 1.82) is 0 Å². The third-order valence-corrected chi connectivity index (χ3v) is 3.26. The summed E-state index contributed by atoms with van der Waals surface area (Å²) in [5, 5.41) is 8.91. The SMILES string of the molecule is O=C1O[C@@H](CO)CC1c1ccc(I)cc1. The summed E-state index contributed by atoms with van der Waals surface area (Å²) in [5.41, 5.74) is 0.969. The Morgan fingerprint density at radius 2 is 2.07 bits per heavy atom. The summed E-state index contributed by atoms with van der Waals surface area (Å²) in [6.07, 6.45) is 0.248. The molecule has 0 spiro atoms. The van der Waals surface area contributed by atoms with Gasteiger partial charge in [0.1, 0.15) is 6.10 Å². The quantitative estimate of drug-likeness (QED) is 0.667. The smallest absolute Gasteiger partial charge is 0.313 e. The molecule has 0 saturated carbocycles. The van der Waals surface area contributed by atoms with Crippen LogP contribution in [0.15, 0.2) is 24.3 Å². The molecule has 0 aliphatic carbocycles. The van der Waals surface area contributed by atoms with Gasteiger partial charge in [0.25, 0.3) is 0 Å². The van der Waals surface area contributed by atoms with Crippen LogP contribution in [-0.2, 0) is 9.53 Å². The molecule has 15 heavy (non-hydrogen) atoms. The topological polar surface area (TPSA) is 46.5 Å². The lowest BCUT2D eigenvalue weighted by molar-refractivity contribution is -0.143. The number of ether oxygens (including phenoxy) is 1. The van der Waals surface area contributed by atoms with Crippen molar-refractivity contribution in [2.24, 2.45) is 0 Å². The van der Waals surface area contributed by atoms with E-state index in [-0.39, 0.29) is 24.6 Å². The van der Waals surface area contributed by atoms with E-state index in [0.29, 0.717) is 6.42 Å². The van der Waals surface area contributed by atoms with Crippen LogP contribution in [0.4, 0.5) is 0 Å². The fraction of sp³-hybridized carbons (Fsp3) is 0.364. The van der Waals surface area contributed by atoms with Gasteiger partial charge < -0.3 is 9.84 Å². The van der Waals surface area contributed by atoms with Gasteiger partial charge in [-0.25, -0.2) is 0 Å². The molecule has 0 bridgehead atoms. The van der Waals surface area contributed by atoms with E-state index in [0.717, 1.165) is 9.13 Å². The zero-order valence-electron chi connectivity index (χ0n) is 8.02. The highest BCUT2D eigenvalue weighted by atomic mass is 127. The second kappa shape index (κ2) is 4.49. The van der Waals surface area contributed by atoms with Crippen molar-refractivity contribution in [3.8, 4) is 0 Å². The number of carbonyl (C=O) groups excluding carboxylic acids is 1. The van der Waals surface area contributed by atoms with Crippen molar-refractivity contribution in [2.45, 2.75) is 18.4 Å². The Bertz CT molecular complexity index is 361. The molecule has 3 nitrogen and oxygen atoms in total. The van der Waals surface area contributed by atoms with Crippen LogP contribution in [0.1, 0.15) is 17.9 Å². The number of esters is 1. The first kappa shape index (κ1) is 10.9. The van der Waals surface area contributed by atoms with Crippen molar-refractivity contribution in [3.63, 3.8) is 0 Å². The summed E-state index contributed by atoms with van der Waals surface area (Å²) in [5.74, 6) is -0.436. The zero-order chi connectivity index (χ0) is 10.8. The van der Waals surface area contributed by atoms with Gasteiger partial charge in [-0.05, 0) is 40.3 Å². The predicted molar refractivity (Wildman–Crippen MR) is 63.5 cm³/mol. The summed E-state index contributed by atoms with van der Waals surface area (Å²) in [7, 11) is 0. The standard InChI is InChI=1S/C11H11IO3/c12-8-3-1-7(2-4-8)10-5-9(6-13)15-11(10)14/h1-4,9-10,13H,5-6H2/t9-,10?/m1/s1. The number of cyclic esters (lactones) is 1. The van der Waals surface area contributed by atoms with Gasteiger partial charge >= 0.3 is 5.97 Å². The molecule has 1 unspecified atom stereocenters. The third kappa shape index (κ3) is 2.31. The van der Waals surface area contributed by atoms with Crippen molar-refractivity contribution in [2.75, 3.05) is 6.61 Å². The van der Waals surface area contributed by atoms with Crippen LogP contribution >= 0.6 is 22.6 Å². The van der Waals surface area contributed by atoms with E-state index in [4.69, 9.17) is 9.84 Å². The molecule has 1 aromatic rings. The van der Waals surface area contributed by atoms with Crippen LogP contribution in [0, 0.1) is 3.57 Å². The van der Waals surface area contributed by atoms with E-state index in [2.05, 4.69) is 22.6 Å². The highest BCUT2D eigenvalue weighted by Gasteiger charge is 2.34. The minimum atomic E-state index is -0.332. The van der Waals surface area contributed by atoms with E-state index in [9.17, 15) is 4.79 Å². The molecule has 2 atom stereocenters. The summed E-state index contributed by atoms with van der Waals surface area (Å²) >= 11 is 2.22. The normalized spacial score (nSPS) is 25.3. The molecular weight excluding hydrogens is 307 g/mol. The van der Waals surface area contributed by atoms with Crippen molar-refractivity contribution >= 4 is 28.6 Å². The second-order valence-electron chi connectivity index (χ2n) is 3.58. The number of rotatable bonds is 2.